The molecule has 0 heterocycles. The third-order valence-corrected chi connectivity index (χ3v) is 6.12. The fourth-order valence-corrected chi connectivity index (χ4v) is 4.17. The highest BCUT2D eigenvalue weighted by atomic mass is 16.5. The van der Waals surface area contributed by atoms with Crippen LogP contribution in [-0.4, -0.2) is 11.9 Å². The average Bonchev–Trinajstić information content (AvgIpc) is 2.87. The zero-order valence-electron chi connectivity index (χ0n) is 22.0. The molecule has 0 fully saturated rings. The van der Waals surface area contributed by atoms with Gasteiger partial charge in [-0.05, 0) is 59.1 Å². The highest BCUT2D eigenvalue weighted by Gasteiger charge is 2.28. The third kappa shape index (κ3) is 6.95. The maximum atomic E-state index is 12.1. The smallest absolute Gasteiger partial charge is 0.335 e. The van der Waals surface area contributed by atoms with Crippen LogP contribution in [0.2, 0.25) is 0 Å². The maximum absolute atomic E-state index is 12.1. The first-order chi connectivity index (χ1) is 17.7. The van der Waals surface area contributed by atoms with Gasteiger partial charge in [0.1, 0.15) is 11.5 Å². The lowest BCUT2D eigenvalue weighted by Crippen LogP contribution is -2.21. The third-order valence-electron chi connectivity index (χ3n) is 6.12. The molecule has 0 N–H and O–H groups in total. The van der Waals surface area contributed by atoms with E-state index in [-0.39, 0.29) is 0 Å². The minimum Gasteiger partial charge on any atom is -0.423 e. The Bertz CT molecular complexity index is 1090. The van der Waals surface area contributed by atoms with Gasteiger partial charge in [0, 0.05) is 17.6 Å². The Labute approximate surface area is 221 Å². The Balaban J connectivity index is 2.80. The molecule has 192 valence electrons. The Morgan fingerprint density at radius 1 is 0.622 bits per heavy atom. The Kier molecular flexibility index (Phi) is 10.4. The van der Waals surface area contributed by atoms with Crippen LogP contribution in [0.15, 0.2) is 100 Å². The number of esters is 2. The van der Waals surface area contributed by atoms with Crippen LogP contribution in [0.3, 0.4) is 0 Å². The van der Waals surface area contributed by atoms with Crippen molar-refractivity contribution in [2.45, 2.75) is 44.9 Å². The number of carbonyl (C=O) groups is 2. The molecular weight excluding hydrogens is 460 g/mol. The molecule has 0 radical (unpaired) electrons. The minimum absolute atomic E-state index is 0.459. The summed E-state index contributed by atoms with van der Waals surface area (Å²) in [6.45, 7) is 26.8. The lowest BCUT2D eigenvalue weighted by molar-refractivity contribution is -0.129. The van der Waals surface area contributed by atoms with Gasteiger partial charge in [0.15, 0.2) is 0 Å². The molecule has 4 heteroatoms. The number of benzene rings is 2. The monoisotopic (exact) mass is 496 g/mol. The Morgan fingerprint density at radius 2 is 0.892 bits per heavy atom. The largest absolute Gasteiger partial charge is 0.423 e. The summed E-state index contributed by atoms with van der Waals surface area (Å²) >= 11 is 0. The second kappa shape index (κ2) is 13.2. The summed E-state index contributed by atoms with van der Waals surface area (Å²) in [7, 11) is 0. The molecule has 0 unspecified atom stereocenters. The van der Waals surface area contributed by atoms with Crippen molar-refractivity contribution in [1.82, 2.24) is 0 Å². The second-order valence-corrected chi connectivity index (χ2v) is 9.09. The van der Waals surface area contributed by atoms with Crippen LogP contribution in [0.25, 0.3) is 0 Å². The van der Waals surface area contributed by atoms with E-state index in [1.165, 1.54) is 0 Å². The first-order valence-electron chi connectivity index (χ1n) is 12.1. The van der Waals surface area contributed by atoms with Crippen molar-refractivity contribution in [3.05, 3.63) is 134 Å². The van der Waals surface area contributed by atoms with Crippen molar-refractivity contribution in [1.29, 1.82) is 0 Å². The zero-order valence-corrected chi connectivity index (χ0v) is 22.0. The molecule has 0 saturated carbocycles. The van der Waals surface area contributed by atoms with Crippen LogP contribution in [0.4, 0.5) is 0 Å². The van der Waals surface area contributed by atoms with E-state index in [9.17, 15) is 9.59 Å². The molecule has 0 atom stereocenters. The predicted molar refractivity (Wildman–Crippen MR) is 152 cm³/mol. The number of carbonyl (C=O) groups excluding carboxylic acids is 2. The minimum atomic E-state index is -0.518. The van der Waals surface area contributed by atoms with Gasteiger partial charge in [0.2, 0.25) is 0 Å². The number of ether oxygens (including phenoxy) is 2. The van der Waals surface area contributed by atoms with Crippen LogP contribution in [0, 0.1) is 0 Å². The normalized spacial score (nSPS) is 10.6. The molecule has 0 spiro atoms. The lowest BCUT2D eigenvalue weighted by atomic mass is 9.75. The molecule has 0 amide bonds. The van der Waals surface area contributed by atoms with E-state index in [1.54, 1.807) is 24.3 Å². The van der Waals surface area contributed by atoms with Crippen LogP contribution < -0.4 is 9.47 Å². The van der Waals surface area contributed by atoms with Gasteiger partial charge in [-0.2, -0.15) is 0 Å². The van der Waals surface area contributed by atoms with Crippen molar-refractivity contribution >= 4 is 11.9 Å². The zero-order chi connectivity index (χ0) is 27.6. The van der Waals surface area contributed by atoms with Crippen LogP contribution in [0.5, 0.6) is 11.5 Å². The van der Waals surface area contributed by atoms with E-state index in [2.05, 4.69) is 53.3 Å². The van der Waals surface area contributed by atoms with Crippen molar-refractivity contribution in [2.75, 3.05) is 0 Å². The highest BCUT2D eigenvalue weighted by molar-refractivity contribution is 5.84. The van der Waals surface area contributed by atoms with Crippen LogP contribution in [0.1, 0.15) is 47.2 Å². The van der Waals surface area contributed by atoms with Crippen LogP contribution >= 0.6 is 0 Å². The van der Waals surface area contributed by atoms with Crippen molar-refractivity contribution in [2.24, 2.45) is 0 Å². The van der Waals surface area contributed by atoms with Crippen molar-refractivity contribution in [3.8, 4) is 11.5 Å². The highest BCUT2D eigenvalue weighted by Crippen LogP contribution is 2.40. The standard InChI is InChI=1S/C33H36O4/c1-9-15-23-19-27(20-24(16-10-2)31(23)36-29(34)13-5)33(7,8)28-21-25(17-11-3)32(37-30(35)14-6)26(22-28)18-12-4/h9-14,19-22H,1-6,15-18H2,7-8H3. The molecule has 0 aliphatic carbocycles. The van der Waals surface area contributed by atoms with Gasteiger partial charge in [0.25, 0.3) is 0 Å². The van der Waals surface area contributed by atoms with Crippen molar-refractivity contribution < 1.29 is 19.1 Å². The quantitative estimate of drug-likeness (QED) is 0.121. The van der Waals surface area contributed by atoms with Gasteiger partial charge in [0.05, 0.1) is 0 Å². The summed E-state index contributed by atoms with van der Waals surface area (Å²) in [6.07, 6.45) is 11.5. The summed E-state index contributed by atoms with van der Waals surface area (Å²) in [5.74, 6) is -0.0166. The topological polar surface area (TPSA) is 52.6 Å². The lowest BCUT2D eigenvalue weighted by Gasteiger charge is -2.30. The summed E-state index contributed by atoms with van der Waals surface area (Å²) in [5.41, 5.74) is 5.00. The van der Waals surface area contributed by atoms with Crippen molar-refractivity contribution in [3.63, 3.8) is 0 Å². The molecule has 0 aromatic heterocycles. The number of allylic oxidation sites excluding steroid dienone is 4. The van der Waals surface area contributed by atoms with Gasteiger partial charge < -0.3 is 9.47 Å². The predicted octanol–water partition coefficient (Wildman–Crippen LogP) is 7.11. The molecule has 2 aromatic rings. The maximum Gasteiger partial charge on any atom is 0.335 e. The van der Waals surface area contributed by atoms with E-state index in [1.807, 2.05) is 24.3 Å². The molecule has 37 heavy (non-hydrogen) atoms. The summed E-state index contributed by atoms with van der Waals surface area (Å²) < 4.78 is 11.3. The van der Waals surface area contributed by atoms with Gasteiger partial charge in [-0.1, -0.05) is 75.6 Å². The summed E-state index contributed by atoms with van der Waals surface area (Å²) in [4.78, 5) is 24.2. The number of hydrogen-bond donors (Lipinski definition) is 0. The molecule has 4 nitrogen and oxygen atoms in total. The first kappa shape index (κ1) is 29.1. The molecule has 0 bridgehead atoms. The van der Waals surface area contributed by atoms with Gasteiger partial charge in [-0.25, -0.2) is 9.59 Å². The van der Waals surface area contributed by atoms with E-state index >= 15 is 0 Å². The van der Waals surface area contributed by atoms with Gasteiger partial charge >= 0.3 is 11.9 Å². The molecule has 2 aromatic carbocycles. The van der Waals surface area contributed by atoms with E-state index in [0.29, 0.717) is 37.2 Å². The van der Waals surface area contributed by atoms with Gasteiger partial charge in [-0.3, -0.25) is 0 Å². The van der Waals surface area contributed by atoms with Crippen LogP contribution in [-0.2, 0) is 40.7 Å². The second-order valence-electron chi connectivity index (χ2n) is 9.09. The Morgan fingerprint density at radius 3 is 1.11 bits per heavy atom. The number of rotatable bonds is 14. The molecule has 2 rings (SSSR count). The first-order valence-corrected chi connectivity index (χ1v) is 12.1. The van der Waals surface area contributed by atoms with E-state index < -0.39 is 17.4 Å². The fourth-order valence-electron chi connectivity index (χ4n) is 4.17. The van der Waals surface area contributed by atoms with E-state index in [4.69, 9.17) is 9.47 Å². The number of hydrogen-bond acceptors (Lipinski definition) is 4. The molecule has 0 saturated heterocycles. The fraction of sp³-hybridized carbons (Fsp3) is 0.212. The average molecular weight is 497 g/mol. The summed E-state index contributed by atoms with van der Waals surface area (Å²) in [6, 6.07) is 8.19. The van der Waals surface area contributed by atoms with Gasteiger partial charge in [-0.15, -0.1) is 26.3 Å². The summed E-state index contributed by atoms with van der Waals surface area (Å²) in [5, 5.41) is 0. The Hall–Kier alpha value is -4.18. The molecular formula is C33H36O4. The molecule has 0 aliphatic heterocycles. The SMILES string of the molecule is C=CCc1cc(C(C)(C)c2cc(CC=C)c(OC(=O)C=C)c(CC=C)c2)cc(CC=C)c1OC(=O)C=C. The molecule has 0 aliphatic rings. The van der Waals surface area contributed by atoms with E-state index in [0.717, 1.165) is 45.5 Å².